The first-order chi connectivity index (χ1) is 16.0. The highest BCUT2D eigenvalue weighted by Gasteiger charge is 2.23. The van der Waals surface area contributed by atoms with E-state index in [2.05, 4.69) is 18.2 Å². The van der Waals surface area contributed by atoms with E-state index in [1.165, 1.54) is 0 Å². The minimum Gasteiger partial charge on any atom is -0.376 e. The molecular weight excluding hydrogens is 440 g/mol. The maximum Gasteiger partial charge on any atom is 0.297 e. The third-order valence-corrected chi connectivity index (χ3v) is 7.00. The molecule has 0 bridgehead atoms. The minimum absolute atomic E-state index is 0.0710. The van der Waals surface area contributed by atoms with Crippen molar-refractivity contribution in [2.75, 3.05) is 26.4 Å². The Bertz CT molecular complexity index is 1130. The number of benzene rings is 3. The van der Waals surface area contributed by atoms with E-state index in [4.69, 9.17) is 18.4 Å². The second-order valence-corrected chi connectivity index (χ2v) is 9.77. The van der Waals surface area contributed by atoms with Crippen LogP contribution in [-0.4, -0.2) is 41.1 Å². The third-order valence-electron chi connectivity index (χ3n) is 5.67. The summed E-state index contributed by atoms with van der Waals surface area (Å²) in [5.41, 5.74) is 2.01. The molecule has 1 saturated heterocycles. The average Bonchev–Trinajstić information content (AvgIpc) is 2.83. The van der Waals surface area contributed by atoms with Gasteiger partial charge in [-0.1, -0.05) is 60.2 Å². The zero-order valence-electron chi connectivity index (χ0n) is 18.8. The molecule has 3 aromatic carbocycles. The summed E-state index contributed by atoms with van der Waals surface area (Å²) in [6, 6.07) is 20.8. The van der Waals surface area contributed by atoms with Crippen molar-refractivity contribution in [1.29, 1.82) is 0 Å². The van der Waals surface area contributed by atoms with Crippen LogP contribution in [0.2, 0.25) is 0 Å². The van der Waals surface area contributed by atoms with Crippen molar-refractivity contribution in [3.05, 3.63) is 77.9 Å². The van der Waals surface area contributed by atoms with E-state index < -0.39 is 10.1 Å². The lowest BCUT2D eigenvalue weighted by molar-refractivity contribution is -0.200. The lowest BCUT2D eigenvalue weighted by atomic mass is 10.0. The smallest absolute Gasteiger partial charge is 0.297 e. The van der Waals surface area contributed by atoms with Crippen LogP contribution < -0.4 is 0 Å². The fraction of sp³-hybridized carbons (Fsp3) is 0.385. The first-order valence-electron chi connectivity index (χ1n) is 11.3. The molecule has 0 N–H and O–H groups in total. The SMILES string of the molecule is Cc1ccc(S(=O)(=O)OCCOCC(OC2CCCCO2)c2cccc3ccccc23)cc1. The lowest BCUT2D eigenvalue weighted by Gasteiger charge is -2.28. The summed E-state index contributed by atoms with van der Waals surface area (Å²) >= 11 is 0. The number of hydrogen-bond acceptors (Lipinski definition) is 6. The zero-order chi connectivity index (χ0) is 23.1. The Hall–Kier alpha value is -2.29. The van der Waals surface area contributed by atoms with Crippen molar-refractivity contribution >= 4 is 20.9 Å². The topological polar surface area (TPSA) is 71.1 Å². The fourth-order valence-electron chi connectivity index (χ4n) is 3.90. The van der Waals surface area contributed by atoms with E-state index >= 15 is 0 Å². The summed E-state index contributed by atoms with van der Waals surface area (Å²) in [4.78, 5) is 0.138. The molecule has 0 amide bonds. The minimum atomic E-state index is -3.81. The molecule has 176 valence electrons. The largest absolute Gasteiger partial charge is 0.376 e. The quantitative estimate of drug-likeness (QED) is 0.301. The molecule has 2 atom stereocenters. The van der Waals surface area contributed by atoms with Crippen molar-refractivity contribution in [3.63, 3.8) is 0 Å². The summed E-state index contributed by atoms with van der Waals surface area (Å²) in [5.74, 6) is 0. The number of fused-ring (bicyclic) bond motifs is 1. The van der Waals surface area contributed by atoms with Gasteiger partial charge in [0.1, 0.15) is 6.10 Å². The maximum absolute atomic E-state index is 12.4. The molecule has 2 unspecified atom stereocenters. The van der Waals surface area contributed by atoms with E-state index in [0.717, 1.165) is 41.2 Å². The summed E-state index contributed by atoms with van der Waals surface area (Å²) < 4.78 is 47.8. The van der Waals surface area contributed by atoms with Crippen LogP contribution in [0.4, 0.5) is 0 Å². The molecule has 0 saturated carbocycles. The molecule has 1 aliphatic heterocycles. The lowest BCUT2D eigenvalue weighted by Crippen LogP contribution is -2.27. The van der Waals surface area contributed by atoms with Crippen LogP contribution in [0, 0.1) is 6.92 Å². The highest BCUT2D eigenvalue weighted by Crippen LogP contribution is 2.30. The van der Waals surface area contributed by atoms with Gasteiger partial charge < -0.3 is 14.2 Å². The van der Waals surface area contributed by atoms with Crippen LogP contribution in [-0.2, 0) is 28.5 Å². The highest BCUT2D eigenvalue weighted by molar-refractivity contribution is 7.86. The molecule has 1 heterocycles. The molecule has 3 aromatic rings. The normalized spacial score (nSPS) is 17.8. The third kappa shape index (κ3) is 6.40. The zero-order valence-corrected chi connectivity index (χ0v) is 19.6. The van der Waals surface area contributed by atoms with Gasteiger partial charge in [0.05, 0.1) is 24.7 Å². The van der Waals surface area contributed by atoms with Gasteiger partial charge in [-0.2, -0.15) is 8.42 Å². The van der Waals surface area contributed by atoms with Gasteiger partial charge >= 0.3 is 0 Å². The van der Waals surface area contributed by atoms with E-state index in [-0.39, 0.29) is 37.1 Å². The van der Waals surface area contributed by atoms with Crippen molar-refractivity contribution < 1.29 is 26.8 Å². The van der Waals surface area contributed by atoms with Crippen molar-refractivity contribution in [3.8, 4) is 0 Å². The van der Waals surface area contributed by atoms with Crippen LogP contribution in [0.1, 0.15) is 36.5 Å². The molecule has 7 heteroatoms. The molecule has 0 spiro atoms. The van der Waals surface area contributed by atoms with Gasteiger partial charge in [0.2, 0.25) is 0 Å². The van der Waals surface area contributed by atoms with Crippen LogP contribution in [0.25, 0.3) is 10.8 Å². The van der Waals surface area contributed by atoms with Crippen LogP contribution in [0.5, 0.6) is 0 Å². The maximum atomic E-state index is 12.4. The molecule has 6 nitrogen and oxygen atoms in total. The Balaban J connectivity index is 1.38. The van der Waals surface area contributed by atoms with Crippen molar-refractivity contribution in [1.82, 2.24) is 0 Å². The fourth-order valence-corrected chi connectivity index (χ4v) is 4.79. The predicted molar refractivity (Wildman–Crippen MR) is 127 cm³/mol. The summed E-state index contributed by atoms with van der Waals surface area (Å²) in [6.45, 7) is 2.91. The van der Waals surface area contributed by atoms with Crippen LogP contribution >= 0.6 is 0 Å². The van der Waals surface area contributed by atoms with Gasteiger partial charge in [-0.25, -0.2) is 0 Å². The Labute approximate surface area is 195 Å². The van der Waals surface area contributed by atoms with Gasteiger partial charge in [0, 0.05) is 6.61 Å². The second-order valence-electron chi connectivity index (χ2n) is 8.15. The Morgan fingerprint density at radius 3 is 2.55 bits per heavy atom. The number of hydrogen-bond donors (Lipinski definition) is 0. The summed E-state index contributed by atoms with van der Waals surface area (Å²) in [7, 11) is -3.81. The molecule has 33 heavy (non-hydrogen) atoms. The Morgan fingerprint density at radius 2 is 1.76 bits per heavy atom. The molecule has 4 rings (SSSR count). The molecular formula is C26H30O6S. The molecule has 1 fully saturated rings. The van der Waals surface area contributed by atoms with E-state index in [1.54, 1.807) is 24.3 Å². The standard InChI is InChI=1S/C26H30O6S/c1-20-12-14-22(15-13-20)33(27,28)31-18-17-29-19-25(32-26-11-4-5-16-30-26)24-10-6-8-21-7-2-3-9-23(21)24/h2-3,6-10,12-15,25-26H,4-5,11,16-19H2,1H3. The summed E-state index contributed by atoms with van der Waals surface area (Å²) in [6.07, 6.45) is 2.34. The monoisotopic (exact) mass is 470 g/mol. The van der Waals surface area contributed by atoms with Crippen molar-refractivity contribution in [2.45, 2.75) is 43.5 Å². The number of ether oxygens (including phenoxy) is 3. The van der Waals surface area contributed by atoms with Gasteiger partial charge in [-0.05, 0) is 54.7 Å². The van der Waals surface area contributed by atoms with E-state index in [1.807, 2.05) is 31.2 Å². The van der Waals surface area contributed by atoms with Gasteiger partial charge in [0.15, 0.2) is 6.29 Å². The number of aryl methyl sites for hydroxylation is 1. The Kier molecular flexibility index (Phi) is 8.11. The molecule has 0 radical (unpaired) electrons. The highest BCUT2D eigenvalue weighted by atomic mass is 32.2. The molecule has 0 aliphatic carbocycles. The first-order valence-corrected chi connectivity index (χ1v) is 12.7. The molecule has 0 aromatic heterocycles. The van der Waals surface area contributed by atoms with Gasteiger partial charge in [-0.3, -0.25) is 4.18 Å². The molecule has 1 aliphatic rings. The van der Waals surface area contributed by atoms with E-state index in [9.17, 15) is 8.42 Å². The predicted octanol–water partition coefficient (Wildman–Crippen LogP) is 5.15. The van der Waals surface area contributed by atoms with E-state index in [0.29, 0.717) is 6.61 Å². The van der Waals surface area contributed by atoms with Gasteiger partial charge in [-0.15, -0.1) is 0 Å². The number of rotatable bonds is 10. The van der Waals surface area contributed by atoms with Gasteiger partial charge in [0.25, 0.3) is 10.1 Å². The second kappa shape index (κ2) is 11.2. The van der Waals surface area contributed by atoms with Crippen molar-refractivity contribution in [2.24, 2.45) is 0 Å². The van der Waals surface area contributed by atoms with Crippen LogP contribution in [0.15, 0.2) is 71.6 Å². The average molecular weight is 471 g/mol. The van der Waals surface area contributed by atoms with Crippen LogP contribution in [0.3, 0.4) is 0 Å². The first kappa shape index (κ1) is 23.9. The summed E-state index contributed by atoms with van der Waals surface area (Å²) in [5, 5.41) is 2.23. The Morgan fingerprint density at radius 1 is 0.970 bits per heavy atom.